The summed E-state index contributed by atoms with van der Waals surface area (Å²) in [6, 6.07) is 23.0. The number of alkyl carbamates (subject to hydrolysis) is 1. The molecule has 0 saturated carbocycles. The van der Waals surface area contributed by atoms with Gasteiger partial charge in [-0.3, -0.25) is 4.79 Å². The van der Waals surface area contributed by atoms with Crippen molar-refractivity contribution >= 4 is 18.0 Å². The third-order valence-electron chi connectivity index (χ3n) is 6.81. The highest BCUT2D eigenvalue weighted by Crippen LogP contribution is 2.44. The normalized spacial score (nSPS) is 17.4. The number of ether oxygens (including phenoxy) is 1. The molecule has 1 aliphatic carbocycles. The van der Waals surface area contributed by atoms with Crippen LogP contribution in [0, 0.1) is 0 Å². The van der Waals surface area contributed by atoms with E-state index in [1.807, 2.05) is 42.5 Å². The van der Waals surface area contributed by atoms with E-state index in [1.165, 1.54) is 4.90 Å². The highest BCUT2D eigenvalue weighted by molar-refractivity contribution is 5.90. The Morgan fingerprint density at radius 3 is 2.14 bits per heavy atom. The first-order valence-electron chi connectivity index (χ1n) is 11.7. The molecular weight excluding hydrogens is 444 g/mol. The van der Waals surface area contributed by atoms with Crippen molar-refractivity contribution < 1.29 is 24.2 Å². The lowest BCUT2D eigenvalue weighted by Gasteiger charge is -2.27. The van der Waals surface area contributed by atoms with E-state index in [4.69, 9.17) is 4.74 Å². The van der Waals surface area contributed by atoms with Crippen molar-refractivity contribution in [3.63, 3.8) is 0 Å². The highest BCUT2D eigenvalue weighted by atomic mass is 16.5. The molecule has 2 aliphatic rings. The molecular formula is C28H26N2O5. The van der Waals surface area contributed by atoms with Gasteiger partial charge in [-0.05, 0) is 40.7 Å². The predicted octanol–water partition coefficient (Wildman–Crippen LogP) is 4.34. The zero-order valence-corrected chi connectivity index (χ0v) is 19.1. The molecule has 2 atom stereocenters. The maximum Gasteiger partial charge on any atom is 0.408 e. The van der Waals surface area contributed by atoms with E-state index in [0.717, 1.165) is 22.3 Å². The number of benzene rings is 3. The van der Waals surface area contributed by atoms with E-state index >= 15 is 0 Å². The third-order valence-corrected chi connectivity index (χ3v) is 6.81. The van der Waals surface area contributed by atoms with Crippen LogP contribution in [0.2, 0.25) is 0 Å². The van der Waals surface area contributed by atoms with Crippen molar-refractivity contribution in [2.45, 2.75) is 30.8 Å². The number of hydrogen-bond donors (Lipinski definition) is 2. The van der Waals surface area contributed by atoms with Gasteiger partial charge < -0.3 is 20.1 Å². The van der Waals surface area contributed by atoms with Crippen LogP contribution >= 0.6 is 0 Å². The number of carbonyl (C=O) groups excluding carboxylic acids is 2. The van der Waals surface area contributed by atoms with Gasteiger partial charge in [-0.15, -0.1) is 0 Å². The van der Waals surface area contributed by atoms with Gasteiger partial charge in [0.2, 0.25) is 0 Å². The summed E-state index contributed by atoms with van der Waals surface area (Å²) in [7, 11) is 0. The fourth-order valence-electron chi connectivity index (χ4n) is 5.14. The second-order valence-electron chi connectivity index (χ2n) is 8.84. The largest absolute Gasteiger partial charge is 0.480 e. The second-order valence-corrected chi connectivity index (χ2v) is 8.84. The lowest BCUT2D eigenvalue weighted by atomic mass is 9.98. The van der Waals surface area contributed by atoms with Gasteiger partial charge in [0.1, 0.15) is 18.7 Å². The minimum absolute atomic E-state index is 0.103. The number of hydrogen-bond acceptors (Lipinski definition) is 4. The van der Waals surface area contributed by atoms with Crippen molar-refractivity contribution in [2.75, 3.05) is 13.2 Å². The van der Waals surface area contributed by atoms with Crippen molar-refractivity contribution in [1.29, 1.82) is 0 Å². The molecule has 7 heteroatoms. The molecule has 5 rings (SSSR count). The standard InChI is InChI=1S/C28H26N2O5/c31-26(30-16-8-15-24(30)27(32)33)25(18-9-2-1-3-10-18)29-28(34)35-17-23-21-13-6-4-11-19(21)20-12-5-7-14-22(20)23/h1-7,9-14,23-25H,8,15-17H2,(H,29,34)(H,32,33)/t24-,25-/m0/s1. The van der Waals surface area contributed by atoms with E-state index in [-0.39, 0.29) is 12.5 Å². The van der Waals surface area contributed by atoms with Crippen molar-refractivity contribution in [1.82, 2.24) is 10.2 Å². The molecule has 1 heterocycles. The molecule has 35 heavy (non-hydrogen) atoms. The van der Waals surface area contributed by atoms with Gasteiger partial charge in [0.25, 0.3) is 5.91 Å². The SMILES string of the molecule is O=C(N[C@H](C(=O)N1CCC[C@H]1C(=O)O)c1ccccc1)OCC1c2ccccc2-c2ccccc21. The molecule has 0 radical (unpaired) electrons. The molecule has 0 spiro atoms. The van der Waals surface area contributed by atoms with Crippen LogP contribution in [0.25, 0.3) is 11.1 Å². The van der Waals surface area contributed by atoms with Gasteiger partial charge in [-0.1, -0.05) is 78.9 Å². The fraction of sp³-hybridized carbons (Fsp3) is 0.250. The molecule has 3 aromatic carbocycles. The maximum absolute atomic E-state index is 13.4. The fourth-order valence-corrected chi connectivity index (χ4v) is 5.14. The van der Waals surface area contributed by atoms with Gasteiger partial charge in [0.05, 0.1) is 0 Å². The molecule has 0 unspecified atom stereocenters. The van der Waals surface area contributed by atoms with Gasteiger partial charge in [0, 0.05) is 12.5 Å². The summed E-state index contributed by atoms with van der Waals surface area (Å²) in [5.41, 5.74) is 5.02. The molecule has 0 aromatic heterocycles. The lowest BCUT2D eigenvalue weighted by Crippen LogP contribution is -2.47. The topological polar surface area (TPSA) is 95.9 Å². The van der Waals surface area contributed by atoms with Gasteiger partial charge in [-0.25, -0.2) is 9.59 Å². The smallest absolute Gasteiger partial charge is 0.408 e. The van der Waals surface area contributed by atoms with Crippen LogP contribution in [0.4, 0.5) is 4.79 Å². The zero-order chi connectivity index (χ0) is 24.4. The highest BCUT2D eigenvalue weighted by Gasteiger charge is 2.38. The number of aliphatic carboxylic acids is 1. The summed E-state index contributed by atoms with van der Waals surface area (Å²) in [4.78, 5) is 39.3. The van der Waals surface area contributed by atoms with Crippen LogP contribution in [-0.4, -0.2) is 47.2 Å². The Kier molecular flexibility index (Phi) is 6.23. The van der Waals surface area contributed by atoms with E-state index in [1.54, 1.807) is 24.3 Å². The predicted molar refractivity (Wildman–Crippen MR) is 130 cm³/mol. The van der Waals surface area contributed by atoms with Crippen LogP contribution in [0.5, 0.6) is 0 Å². The van der Waals surface area contributed by atoms with Crippen LogP contribution in [0.1, 0.15) is 41.5 Å². The average Bonchev–Trinajstić information content (AvgIpc) is 3.50. The number of carboxylic acid groups (broad SMARTS) is 1. The van der Waals surface area contributed by atoms with E-state index in [9.17, 15) is 19.5 Å². The van der Waals surface area contributed by atoms with Crippen LogP contribution < -0.4 is 5.32 Å². The summed E-state index contributed by atoms with van der Waals surface area (Å²) >= 11 is 0. The van der Waals surface area contributed by atoms with E-state index in [0.29, 0.717) is 24.9 Å². The molecule has 1 fully saturated rings. The third kappa shape index (κ3) is 4.37. The molecule has 2 amide bonds. The van der Waals surface area contributed by atoms with Gasteiger partial charge in [-0.2, -0.15) is 0 Å². The summed E-state index contributed by atoms with van der Waals surface area (Å²) in [6.45, 7) is 0.461. The number of fused-ring (bicyclic) bond motifs is 3. The number of likely N-dealkylation sites (tertiary alicyclic amines) is 1. The van der Waals surface area contributed by atoms with Crippen LogP contribution in [0.3, 0.4) is 0 Å². The minimum Gasteiger partial charge on any atom is -0.480 e. The summed E-state index contributed by atoms with van der Waals surface area (Å²) in [5.74, 6) is -1.59. The van der Waals surface area contributed by atoms with Crippen LogP contribution in [-0.2, 0) is 14.3 Å². The minimum atomic E-state index is -1.04. The molecule has 7 nitrogen and oxygen atoms in total. The number of amides is 2. The lowest BCUT2D eigenvalue weighted by molar-refractivity contribution is -0.149. The van der Waals surface area contributed by atoms with Crippen molar-refractivity contribution in [3.8, 4) is 11.1 Å². The monoisotopic (exact) mass is 470 g/mol. The molecule has 1 saturated heterocycles. The molecule has 2 N–H and O–H groups in total. The molecule has 1 aliphatic heterocycles. The van der Waals surface area contributed by atoms with E-state index < -0.39 is 30.1 Å². The first-order chi connectivity index (χ1) is 17.0. The number of carboxylic acids is 1. The number of nitrogens with zero attached hydrogens (tertiary/aromatic N) is 1. The number of rotatable bonds is 6. The Hall–Kier alpha value is -4.13. The average molecular weight is 471 g/mol. The second kappa shape index (κ2) is 9.62. The van der Waals surface area contributed by atoms with Gasteiger partial charge >= 0.3 is 12.1 Å². The van der Waals surface area contributed by atoms with Gasteiger partial charge in [0.15, 0.2) is 0 Å². The van der Waals surface area contributed by atoms with E-state index in [2.05, 4.69) is 17.4 Å². The summed E-state index contributed by atoms with van der Waals surface area (Å²) in [5, 5.41) is 12.2. The Balaban J connectivity index is 1.33. The summed E-state index contributed by atoms with van der Waals surface area (Å²) in [6.07, 6.45) is 0.281. The Bertz CT molecular complexity index is 1210. The van der Waals surface area contributed by atoms with Crippen molar-refractivity contribution in [2.24, 2.45) is 0 Å². The molecule has 3 aromatic rings. The number of carbonyl (C=O) groups is 3. The Morgan fingerprint density at radius 1 is 0.914 bits per heavy atom. The van der Waals surface area contributed by atoms with Crippen LogP contribution in [0.15, 0.2) is 78.9 Å². The first-order valence-corrected chi connectivity index (χ1v) is 11.7. The first kappa shape index (κ1) is 22.7. The quantitative estimate of drug-likeness (QED) is 0.559. The van der Waals surface area contributed by atoms with Crippen molar-refractivity contribution in [3.05, 3.63) is 95.6 Å². The Labute approximate surface area is 203 Å². The zero-order valence-electron chi connectivity index (χ0n) is 19.1. The number of nitrogens with one attached hydrogen (secondary N) is 1. The molecule has 0 bridgehead atoms. The summed E-state index contributed by atoms with van der Waals surface area (Å²) < 4.78 is 5.64. The Morgan fingerprint density at radius 2 is 1.51 bits per heavy atom. The molecule has 178 valence electrons. The maximum atomic E-state index is 13.4.